The molecule has 1 aromatic heterocycles. The zero-order valence-electron chi connectivity index (χ0n) is 17.8. The molecule has 0 aliphatic heterocycles. The number of fused-ring (bicyclic) bond motifs is 1. The summed E-state index contributed by atoms with van der Waals surface area (Å²) in [5, 5.41) is 9.18. The maximum absolute atomic E-state index is 5.53. The summed E-state index contributed by atoms with van der Waals surface area (Å²) in [7, 11) is 6.58. The Morgan fingerprint density at radius 1 is 0.871 bits per heavy atom. The Labute approximate surface area is 184 Å². The Balaban J connectivity index is 1.86. The lowest BCUT2D eigenvalue weighted by molar-refractivity contribution is 0.349. The van der Waals surface area contributed by atoms with Crippen molar-refractivity contribution in [2.75, 3.05) is 28.4 Å². The average Bonchev–Trinajstić information content (AvgIpc) is 3.24. The lowest BCUT2D eigenvalue weighted by Gasteiger charge is -2.12. The van der Waals surface area contributed by atoms with Gasteiger partial charge in [0.15, 0.2) is 11.5 Å². The number of methoxy groups -OCH3 is 3. The summed E-state index contributed by atoms with van der Waals surface area (Å²) in [6.45, 7) is 0. The van der Waals surface area contributed by atoms with Crippen molar-refractivity contribution in [3.8, 4) is 28.5 Å². The molecule has 6 nitrogen and oxygen atoms in total. The Morgan fingerprint density at radius 3 is 2.32 bits per heavy atom. The number of aromatic nitrogens is 1. The fourth-order valence-corrected chi connectivity index (χ4v) is 4.27. The third-order valence-corrected chi connectivity index (χ3v) is 5.90. The predicted octanol–water partition coefficient (Wildman–Crippen LogP) is 4.81. The van der Waals surface area contributed by atoms with Crippen LogP contribution in [0.2, 0.25) is 0 Å². The van der Waals surface area contributed by atoms with Crippen LogP contribution in [0.15, 0.2) is 70.1 Å². The summed E-state index contributed by atoms with van der Waals surface area (Å²) in [5.74, 6) is 1.84. The molecule has 0 atom stereocenters. The second-order valence-electron chi connectivity index (χ2n) is 6.66. The summed E-state index contributed by atoms with van der Waals surface area (Å²) < 4.78 is 18.2. The van der Waals surface area contributed by atoms with E-state index < -0.39 is 0 Å². The van der Waals surface area contributed by atoms with E-state index in [-0.39, 0.29) is 0 Å². The predicted molar refractivity (Wildman–Crippen MR) is 126 cm³/mol. The van der Waals surface area contributed by atoms with Gasteiger partial charge in [-0.3, -0.25) is 4.99 Å². The highest BCUT2D eigenvalue weighted by Gasteiger charge is 2.13. The molecule has 0 amide bonds. The van der Waals surface area contributed by atoms with E-state index in [0.29, 0.717) is 17.2 Å². The second-order valence-corrected chi connectivity index (χ2v) is 7.50. The van der Waals surface area contributed by atoms with Crippen molar-refractivity contribution in [1.29, 1.82) is 0 Å². The zero-order chi connectivity index (χ0) is 21.8. The summed E-state index contributed by atoms with van der Waals surface area (Å²) in [5.41, 5.74) is 2.84. The first-order valence-corrected chi connectivity index (χ1v) is 10.5. The van der Waals surface area contributed by atoms with Gasteiger partial charge in [-0.15, -0.1) is 11.3 Å². The summed E-state index contributed by atoms with van der Waals surface area (Å²) in [4.78, 5) is 5.19. The Bertz CT molecular complexity index is 1320. The van der Waals surface area contributed by atoms with Crippen molar-refractivity contribution >= 4 is 28.3 Å². The molecule has 0 bridgehead atoms. The van der Waals surface area contributed by atoms with Crippen LogP contribution >= 0.6 is 11.3 Å². The maximum Gasteiger partial charge on any atom is 0.205 e. The van der Waals surface area contributed by atoms with E-state index in [9.17, 15) is 0 Å². The Hall–Kier alpha value is -3.58. The van der Waals surface area contributed by atoms with E-state index in [1.165, 1.54) is 5.39 Å². The fourth-order valence-electron chi connectivity index (χ4n) is 3.47. The molecule has 0 N–H and O–H groups in total. The van der Waals surface area contributed by atoms with Gasteiger partial charge in [-0.05, 0) is 16.8 Å². The summed E-state index contributed by atoms with van der Waals surface area (Å²) in [6.07, 6.45) is 1.75. The largest absolute Gasteiger partial charge is 0.496 e. The number of rotatable bonds is 6. The molecule has 158 valence electrons. The third-order valence-electron chi connectivity index (χ3n) is 4.99. The molecule has 0 saturated carbocycles. The molecule has 31 heavy (non-hydrogen) atoms. The van der Waals surface area contributed by atoms with Gasteiger partial charge in [0, 0.05) is 29.6 Å². The van der Waals surface area contributed by atoms with Gasteiger partial charge in [-0.25, -0.2) is 4.68 Å². The maximum atomic E-state index is 5.53. The van der Waals surface area contributed by atoms with Crippen LogP contribution in [-0.2, 0) is 0 Å². The van der Waals surface area contributed by atoms with Crippen LogP contribution in [0, 0.1) is 0 Å². The summed E-state index contributed by atoms with van der Waals surface area (Å²) >= 11 is 1.54. The third kappa shape index (κ3) is 3.92. The number of ether oxygens (including phenoxy) is 3. The van der Waals surface area contributed by atoms with E-state index in [2.05, 4.69) is 40.7 Å². The van der Waals surface area contributed by atoms with Gasteiger partial charge in [0.2, 0.25) is 4.80 Å². The van der Waals surface area contributed by atoms with Crippen LogP contribution in [0.5, 0.6) is 17.2 Å². The van der Waals surface area contributed by atoms with Gasteiger partial charge in [0.05, 0.1) is 33.2 Å². The molecule has 0 aliphatic carbocycles. The Morgan fingerprint density at radius 2 is 1.58 bits per heavy atom. The highest BCUT2D eigenvalue weighted by atomic mass is 32.1. The molecule has 3 aromatic carbocycles. The quantitative estimate of drug-likeness (QED) is 0.410. The second kappa shape index (κ2) is 9.06. The van der Waals surface area contributed by atoms with Crippen molar-refractivity contribution in [3.63, 3.8) is 0 Å². The van der Waals surface area contributed by atoms with E-state index in [1.807, 2.05) is 22.9 Å². The molecule has 0 fully saturated rings. The molecule has 0 unspecified atom stereocenters. The first-order valence-electron chi connectivity index (χ1n) is 9.66. The van der Waals surface area contributed by atoms with Gasteiger partial charge < -0.3 is 14.2 Å². The van der Waals surface area contributed by atoms with Gasteiger partial charge in [-0.2, -0.15) is 5.10 Å². The van der Waals surface area contributed by atoms with Crippen molar-refractivity contribution in [3.05, 3.63) is 70.3 Å². The molecule has 4 rings (SSSR count). The first-order chi connectivity index (χ1) is 15.2. The minimum absolute atomic E-state index is 0.598. The van der Waals surface area contributed by atoms with E-state index >= 15 is 0 Å². The molecular weight excluding hydrogens is 410 g/mol. The van der Waals surface area contributed by atoms with Gasteiger partial charge in [-0.1, -0.05) is 42.5 Å². The number of thiazole rings is 1. The van der Waals surface area contributed by atoms with Crippen LogP contribution < -0.4 is 19.0 Å². The Kier molecular flexibility index (Phi) is 6.04. The average molecular weight is 434 g/mol. The van der Waals surface area contributed by atoms with Crippen LogP contribution in [0.25, 0.3) is 22.0 Å². The number of nitrogens with zero attached hydrogens (tertiary/aromatic N) is 3. The standard InChI is InChI=1S/C24H23N3O3S/c1-25-24-27(26-14-17-12-22(29-3)23(30-4)13-21(17)28-2)20(15-31-24)19-11-7-9-16-8-5-6-10-18(16)19/h5-15H,1-4H3. The zero-order valence-corrected chi connectivity index (χ0v) is 18.6. The molecule has 4 aromatic rings. The molecule has 0 saturated heterocycles. The highest BCUT2D eigenvalue weighted by molar-refractivity contribution is 7.07. The highest BCUT2D eigenvalue weighted by Crippen LogP contribution is 2.34. The van der Waals surface area contributed by atoms with Crippen LogP contribution in [0.1, 0.15) is 5.56 Å². The first kappa shape index (κ1) is 20.7. The molecule has 1 heterocycles. The smallest absolute Gasteiger partial charge is 0.205 e. The van der Waals surface area contributed by atoms with Crippen molar-refractivity contribution < 1.29 is 14.2 Å². The van der Waals surface area contributed by atoms with Gasteiger partial charge in [0.1, 0.15) is 5.75 Å². The lowest BCUT2D eigenvalue weighted by Crippen LogP contribution is -2.11. The van der Waals surface area contributed by atoms with Crippen molar-refractivity contribution in [2.45, 2.75) is 0 Å². The number of benzene rings is 3. The summed E-state index contributed by atoms with van der Waals surface area (Å²) in [6, 6.07) is 18.2. The van der Waals surface area contributed by atoms with Crippen molar-refractivity contribution in [2.24, 2.45) is 10.1 Å². The lowest BCUT2D eigenvalue weighted by atomic mass is 10.0. The molecule has 0 aliphatic rings. The van der Waals surface area contributed by atoms with E-state index in [1.54, 1.807) is 52.0 Å². The monoisotopic (exact) mass is 433 g/mol. The number of hydrogen-bond donors (Lipinski definition) is 0. The number of hydrogen-bond acceptors (Lipinski definition) is 6. The SMILES string of the molecule is CN=c1scc(-c2cccc3ccccc23)n1N=Cc1cc(OC)c(OC)cc1OC. The molecular formula is C24H23N3O3S. The van der Waals surface area contributed by atoms with Crippen LogP contribution in [0.4, 0.5) is 0 Å². The van der Waals surface area contributed by atoms with Gasteiger partial charge in [0.25, 0.3) is 0 Å². The normalized spacial score (nSPS) is 11.9. The minimum Gasteiger partial charge on any atom is -0.496 e. The van der Waals surface area contributed by atoms with E-state index in [4.69, 9.17) is 19.3 Å². The van der Waals surface area contributed by atoms with Crippen molar-refractivity contribution in [1.82, 2.24) is 4.68 Å². The van der Waals surface area contributed by atoms with Crippen LogP contribution in [0.3, 0.4) is 0 Å². The van der Waals surface area contributed by atoms with Gasteiger partial charge >= 0.3 is 0 Å². The molecule has 7 heteroatoms. The molecule has 0 spiro atoms. The molecule has 0 radical (unpaired) electrons. The van der Waals surface area contributed by atoms with E-state index in [0.717, 1.165) is 27.0 Å². The minimum atomic E-state index is 0.598. The fraction of sp³-hybridized carbons (Fsp3) is 0.167. The topological polar surface area (TPSA) is 57.3 Å². The van der Waals surface area contributed by atoms with Crippen LogP contribution in [-0.4, -0.2) is 39.3 Å².